The largest absolute Gasteiger partial charge is 0.381 e. The Bertz CT molecular complexity index is 533. The minimum absolute atomic E-state index is 0.0711. The van der Waals surface area contributed by atoms with Crippen LogP contribution in [0.5, 0.6) is 0 Å². The maximum Gasteiger partial charge on any atom is 0.228 e. The molecule has 1 saturated carbocycles. The number of ether oxygens (including phenoxy) is 1. The van der Waals surface area contributed by atoms with Crippen LogP contribution in [0, 0.1) is 11.3 Å². The molecule has 1 amide bonds. The van der Waals surface area contributed by atoms with E-state index in [2.05, 4.69) is 27.0 Å². The summed E-state index contributed by atoms with van der Waals surface area (Å²) in [5.41, 5.74) is 1.67. The molecule has 0 bridgehead atoms. The number of nitrogens with one attached hydrogen (secondary N) is 1. The van der Waals surface area contributed by atoms with Gasteiger partial charge in [0, 0.05) is 19.2 Å². The van der Waals surface area contributed by atoms with E-state index in [0.29, 0.717) is 24.0 Å². The van der Waals surface area contributed by atoms with Crippen LogP contribution in [0.3, 0.4) is 0 Å². The maximum atomic E-state index is 13.2. The quantitative estimate of drug-likeness (QED) is 0.920. The van der Waals surface area contributed by atoms with E-state index in [9.17, 15) is 4.79 Å². The molecule has 2 unspecified atom stereocenters. The lowest BCUT2D eigenvalue weighted by molar-refractivity contribution is -0.141. The molecule has 2 saturated heterocycles. The number of piperidine rings is 1. The van der Waals surface area contributed by atoms with Gasteiger partial charge in [0.25, 0.3) is 0 Å². The highest BCUT2D eigenvalue weighted by Gasteiger charge is 2.58. The van der Waals surface area contributed by atoms with Gasteiger partial charge in [0.2, 0.25) is 5.91 Å². The molecule has 1 aromatic rings. The molecule has 1 N–H and O–H groups in total. The Morgan fingerprint density at radius 3 is 3.00 bits per heavy atom. The molecule has 0 radical (unpaired) electrons. The van der Waals surface area contributed by atoms with Crippen LogP contribution in [-0.2, 0) is 16.1 Å². The normalized spacial score (nSPS) is 29.4. The van der Waals surface area contributed by atoms with Gasteiger partial charge in [0.05, 0.1) is 12.5 Å². The number of amides is 1. The highest BCUT2D eigenvalue weighted by molar-refractivity contribution is 7.07. The van der Waals surface area contributed by atoms with Gasteiger partial charge < -0.3 is 15.0 Å². The molecule has 2 aliphatic heterocycles. The average Bonchev–Trinajstić information content (AvgIpc) is 3.04. The second-order valence-corrected chi connectivity index (χ2v) is 8.12. The molecule has 5 heteroatoms. The van der Waals surface area contributed by atoms with E-state index in [4.69, 9.17) is 4.74 Å². The fourth-order valence-electron chi connectivity index (χ4n) is 4.32. The van der Waals surface area contributed by atoms with E-state index in [1.54, 1.807) is 11.3 Å². The van der Waals surface area contributed by atoms with Crippen LogP contribution in [0.25, 0.3) is 0 Å². The summed E-state index contributed by atoms with van der Waals surface area (Å²) < 4.78 is 5.57. The van der Waals surface area contributed by atoms with Gasteiger partial charge in [-0.1, -0.05) is 0 Å². The van der Waals surface area contributed by atoms with Crippen molar-refractivity contribution in [3.63, 3.8) is 0 Å². The van der Waals surface area contributed by atoms with Gasteiger partial charge >= 0.3 is 0 Å². The van der Waals surface area contributed by atoms with Crippen molar-refractivity contribution in [2.24, 2.45) is 11.3 Å². The second-order valence-electron chi connectivity index (χ2n) is 7.34. The molecule has 3 aliphatic rings. The standard InChI is InChI=1S/C18H26N2O2S/c21-17(15-2-1-8-22-12-15)20(11-14-3-9-23-13-14)16-10-18(16)4-6-19-7-5-18/h3,9,13,15-16,19H,1-2,4-8,10-12H2. The van der Waals surface area contributed by atoms with Crippen molar-refractivity contribution in [1.29, 1.82) is 0 Å². The first kappa shape index (κ1) is 15.6. The van der Waals surface area contributed by atoms with Crippen molar-refractivity contribution < 1.29 is 9.53 Å². The smallest absolute Gasteiger partial charge is 0.228 e. The topological polar surface area (TPSA) is 41.6 Å². The molecule has 23 heavy (non-hydrogen) atoms. The highest BCUT2D eigenvalue weighted by Crippen LogP contribution is 2.56. The van der Waals surface area contributed by atoms with Crippen molar-refractivity contribution >= 4 is 17.2 Å². The molecule has 126 valence electrons. The van der Waals surface area contributed by atoms with Crippen LogP contribution in [0.15, 0.2) is 16.8 Å². The molecular formula is C18H26N2O2S. The Morgan fingerprint density at radius 1 is 1.43 bits per heavy atom. The van der Waals surface area contributed by atoms with Gasteiger partial charge in [-0.25, -0.2) is 0 Å². The van der Waals surface area contributed by atoms with Gasteiger partial charge in [-0.3, -0.25) is 4.79 Å². The lowest BCUT2D eigenvalue weighted by atomic mass is 9.92. The van der Waals surface area contributed by atoms with Crippen molar-refractivity contribution in [2.45, 2.75) is 44.7 Å². The van der Waals surface area contributed by atoms with Crippen LogP contribution in [0.2, 0.25) is 0 Å². The summed E-state index contributed by atoms with van der Waals surface area (Å²) in [7, 11) is 0. The zero-order valence-electron chi connectivity index (χ0n) is 13.6. The number of hydrogen-bond acceptors (Lipinski definition) is 4. The third-order valence-corrected chi connectivity index (χ3v) is 6.58. The van der Waals surface area contributed by atoms with Gasteiger partial charge in [0.15, 0.2) is 0 Å². The van der Waals surface area contributed by atoms with Crippen LogP contribution in [0.1, 0.15) is 37.7 Å². The van der Waals surface area contributed by atoms with Crippen LogP contribution in [-0.4, -0.2) is 43.2 Å². The molecule has 3 heterocycles. The second kappa shape index (κ2) is 6.54. The van der Waals surface area contributed by atoms with Crippen molar-refractivity contribution in [1.82, 2.24) is 10.2 Å². The number of thiophene rings is 1. The third-order valence-electron chi connectivity index (χ3n) is 5.85. The van der Waals surface area contributed by atoms with Crippen LogP contribution < -0.4 is 5.32 Å². The summed E-state index contributed by atoms with van der Waals surface area (Å²) >= 11 is 1.72. The number of rotatable bonds is 4. The van der Waals surface area contributed by atoms with Gasteiger partial charge in [0.1, 0.15) is 0 Å². The Kier molecular flexibility index (Phi) is 4.43. The average molecular weight is 334 g/mol. The predicted molar refractivity (Wildman–Crippen MR) is 91.4 cm³/mol. The first-order valence-electron chi connectivity index (χ1n) is 8.89. The summed E-state index contributed by atoms with van der Waals surface area (Å²) in [6.45, 7) is 4.40. The Hall–Kier alpha value is -0.910. The lowest BCUT2D eigenvalue weighted by Gasteiger charge is -2.33. The Morgan fingerprint density at radius 2 is 2.30 bits per heavy atom. The fourth-order valence-corrected chi connectivity index (χ4v) is 4.98. The minimum atomic E-state index is 0.0711. The van der Waals surface area contributed by atoms with E-state index in [1.807, 2.05) is 0 Å². The first-order valence-corrected chi connectivity index (χ1v) is 9.83. The van der Waals surface area contributed by atoms with Crippen molar-refractivity contribution in [3.05, 3.63) is 22.4 Å². The van der Waals surface area contributed by atoms with E-state index >= 15 is 0 Å². The molecule has 0 aromatic carbocycles. The first-order chi connectivity index (χ1) is 11.3. The Balaban J connectivity index is 1.50. The fraction of sp³-hybridized carbons (Fsp3) is 0.722. The molecule has 1 aromatic heterocycles. The number of carbonyl (C=O) groups is 1. The number of nitrogens with zero attached hydrogens (tertiary/aromatic N) is 1. The molecule has 1 aliphatic carbocycles. The van der Waals surface area contributed by atoms with E-state index in [1.165, 1.54) is 24.8 Å². The van der Waals surface area contributed by atoms with Gasteiger partial charge in [-0.2, -0.15) is 11.3 Å². The summed E-state index contributed by atoms with van der Waals surface area (Å²) in [6, 6.07) is 2.60. The van der Waals surface area contributed by atoms with Crippen LogP contribution >= 0.6 is 11.3 Å². The minimum Gasteiger partial charge on any atom is -0.381 e. The van der Waals surface area contributed by atoms with Crippen molar-refractivity contribution in [2.75, 3.05) is 26.3 Å². The van der Waals surface area contributed by atoms with Crippen LogP contribution in [0.4, 0.5) is 0 Å². The molecule has 3 fully saturated rings. The zero-order valence-corrected chi connectivity index (χ0v) is 14.4. The zero-order chi connectivity index (χ0) is 15.7. The molecule has 4 rings (SSSR count). The van der Waals surface area contributed by atoms with E-state index < -0.39 is 0 Å². The number of hydrogen-bond donors (Lipinski definition) is 1. The molecule has 2 atom stereocenters. The summed E-state index contributed by atoms with van der Waals surface area (Å²) in [5.74, 6) is 0.401. The molecule has 1 spiro atoms. The predicted octanol–water partition coefficient (Wildman–Crippen LogP) is 2.65. The summed E-state index contributed by atoms with van der Waals surface area (Å²) in [6.07, 6.45) is 5.62. The van der Waals surface area contributed by atoms with Gasteiger partial charge in [-0.15, -0.1) is 0 Å². The summed E-state index contributed by atoms with van der Waals surface area (Å²) in [4.78, 5) is 15.4. The Labute approximate surface area is 142 Å². The lowest BCUT2D eigenvalue weighted by Crippen LogP contribution is -2.43. The molecular weight excluding hydrogens is 308 g/mol. The number of carbonyl (C=O) groups excluding carboxylic acids is 1. The third kappa shape index (κ3) is 3.19. The highest BCUT2D eigenvalue weighted by atomic mass is 32.1. The SMILES string of the molecule is O=C(C1CCCOC1)N(Cc1ccsc1)C1CC12CCNCC2. The van der Waals surface area contributed by atoms with Gasteiger partial charge in [-0.05, 0) is 73.0 Å². The monoisotopic (exact) mass is 334 g/mol. The van der Waals surface area contributed by atoms with E-state index in [0.717, 1.165) is 39.1 Å². The molecule has 4 nitrogen and oxygen atoms in total. The van der Waals surface area contributed by atoms with E-state index in [-0.39, 0.29) is 5.92 Å². The summed E-state index contributed by atoms with van der Waals surface area (Å²) in [5, 5.41) is 7.74. The van der Waals surface area contributed by atoms with Crippen molar-refractivity contribution in [3.8, 4) is 0 Å². The maximum absolute atomic E-state index is 13.2.